The van der Waals surface area contributed by atoms with Crippen molar-refractivity contribution in [3.63, 3.8) is 0 Å². The van der Waals surface area contributed by atoms with E-state index in [1.165, 1.54) is 11.3 Å². The number of aliphatic hydroxyl groups excluding tert-OH is 1. The highest BCUT2D eigenvalue weighted by atomic mass is 32.1. The zero-order valence-corrected chi connectivity index (χ0v) is 9.46. The predicted molar refractivity (Wildman–Crippen MR) is 59.8 cm³/mol. The molecule has 3 N–H and O–H groups in total. The Morgan fingerprint density at radius 3 is 2.93 bits per heavy atom. The molecule has 0 aromatic carbocycles. The number of anilines is 1. The molecule has 0 aliphatic rings. The Hall–Kier alpha value is -1.14. The fourth-order valence-corrected chi connectivity index (χ4v) is 1.75. The van der Waals surface area contributed by atoms with Crippen molar-refractivity contribution >= 4 is 22.4 Å². The maximum atomic E-state index is 11.8. The molecule has 0 fully saturated rings. The minimum Gasteiger partial charge on any atom is -0.396 e. The van der Waals surface area contributed by atoms with Crippen LogP contribution in [0.5, 0.6) is 0 Å². The van der Waals surface area contributed by atoms with Gasteiger partial charge in [0.2, 0.25) is 0 Å². The molecule has 0 aliphatic heterocycles. The number of carbonyl (C=O) groups is 1. The second kappa shape index (κ2) is 5.67. The van der Waals surface area contributed by atoms with Gasteiger partial charge >= 0.3 is 0 Å². The first-order valence-electron chi connectivity index (χ1n) is 4.80. The Morgan fingerprint density at radius 1 is 1.73 bits per heavy atom. The number of carbonyl (C=O) groups excluding carboxylic acids is 1. The molecule has 5 nitrogen and oxygen atoms in total. The minimum absolute atomic E-state index is 0.0863. The third-order valence-corrected chi connectivity index (χ3v) is 2.67. The molecule has 0 spiro atoms. The van der Waals surface area contributed by atoms with Crippen LogP contribution >= 0.6 is 11.3 Å². The van der Waals surface area contributed by atoms with Crippen LogP contribution in [0, 0.1) is 0 Å². The monoisotopic (exact) mass is 229 g/mol. The van der Waals surface area contributed by atoms with Crippen molar-refractivity contribution in [2.45, 2.75) is 13.3 Å². The largest absolute Gasteiger partial charge is 0.396 e. The Balaban J connectivity index is 2.64. The molecule has 6 heteroatoms. The van der Waals surface area contributed by atoms with Crippen LogP contribution in [-0.2, 0) is 0 Å². The maximum absolute atomic E-state index is 11.8. The fourth-order valence-electron chi connectivity index (χ4n) is 1.21. The smallest absolute Gasteiger partial charge is 0.273 e. The van der Waals surface area contributed by atoms with Crippen LogP contribution in [0.1, 0.15) is 23.8 Å². The summed E-state index contributed by atoms with van der Waals surface area (Å²) in [6.45, 7) is 3.13. The molecule has 0 unspecified atom stereocenters. The minimum atomic E-state index is -0.126. The quantitative estimate of drug-likeness (QED) is 0.773. The van der Waals surface area contributed by atoms with Gasteiger partial charge in [-0.05, 0) is 13.3 Å². The van der Waals surface area contributed by atoms with Crippen molar-refractivity contribution < 1.29 is 9.90 Å². The Bertz CT molecular complexity index is 327. The average Bonchev–Trinajstić information content (AvgIpc) is 2.65. The predicted octanol–water partition coefficient (Wildman–Crippen LogP) is 0.570. The third kappa shape index (κ3) is 3.17. The summed E-state index contributed by atoms with van der Waals surface area (Å²) < 4.78 is 0. The molecule has 0 saturated carbocycles. The number of hydrogen-bond acceptors (Lipinski definition) is 5. The highest BCUT2D eigenvalue weighted by molar-refractivity contribution is 7.13. The Kier molecular flexibility index (Phi) is 4.51. The SMILES string of the molecule is CCN(CCCO)C(=O)c1csc(N)n1. The van der Waals surface area contributed by atoms with Crippen molar-refractivity contribution in [2.75, 3.05) is 25.4 Å². The number of nitrogens with zero attached hydrogens (tertiary/aromatic N) is 2. The lowest BCUT2D eigenvalue weighted by atomic mass is 10.3. The number of aromatic nitrogens is 1. The molecule has 84 valence electrons. The standard InChI is InChI=1S/C9H15N3O2S/c1-2-12(4-3-5-13)8(14)7-6-15-9(10)11-7/h6,13H,2-5H2,1H3,(H2,10,11). The van der Waals surface area contributed by atoms with E-state index in [0.717, 1.165) is 0 Å². The zero-order valence-electron chi connectivity index (χ0n) is 8.64. The van der Waals surface area contributed by atoms with Gasteiger partial charge in [-0.1, -0.05) is 0 Å². The third-order valence-electron chi connectivity index (χ3n) is 2.00. The van der Waals surface area contributed by atoms with Gasteiger partial charge in [0.05, 0.1) is 0 Å². The van der Waals surface area contributed by atoms with Crippen molar-refractivity contribution in [3.8, 4) is 0 Å². The molecule has 0 radical (unpaired) electrons. The number of nitrogens with two attached hydrogens (primary N) is 1. The average molecular weight is 229 g/mol. The van der Waals surface area contributed by atoms with Gasteiger partial charge in [0, 0.05) is 25.1 Å². The van der Waals surface area contributed by atoms with Gasteiger partial charge < -0.3 is 15.7 Å². The molecular weight excluding hydrogens is 214 g/mol. The lowest BCUT2D eigenvalue weighted by molar-refractivity contribution is 0.0749. The summed E-state index contributed by atoms with van der Waals surface area (Å²) in [5, 5.41) is 10.7. The summed E-state index contributed by atoms with van der Waals surface area (Å²) >= 11 is 1.25. The van der Waals surface area contributed by atoms with Crippen molar-refractivity contribution in [3.05, 3.63) is 11.1 Å². The van der Waals surface area contributed by atoms with Gasteiger partial charge in [0.25, 0.3) is 5.91 Å². The van der Waals surface area contributed by atoms with E-state index in [1.807, 2.05) is 6.92 Å². The number of amides is 1. The first-order valence-corrected chi connectivity index (χ1v) is 5.68. The van der Waals surface area contributed by atoms with Crippen LogP contribution < -0.4 is 5.73 Å². The maximum Gasteiger partial charge on any atom is 0.273 e. The van der Waals surface area contributed by atoms with Crippen LogP contribution in [0.25, 0.3) is 0 Å². The molecule has 1 amide bonds. The molecule has 1 aromatic heterocycles. The first kappa shape index (κ1) is 11.9. The van der Waals surface area contributed by atoms with Gasteiger partial charge in [-0.3, -0.25) is 4.79 Å². The fraction of sp³-hybridized carbons (Fsp3) is 0.556. The van der Waals surface area contributed by atoms with E-state index in [-0.39, 0.29) is 12.5 Å². The van der Waals surface area contributed by atoms with Gasteiger partial charge in [-0.2, -0.15) is 0 Å². The van der Waals surface area contributed by atoms with Crippen molar-refractivity contribution in [2.24, 2.45) is 0 Å². The van der Waals surface area contributed by atoms with E-state index < -0.39 is 0 Å². The summed E-state index contributed by atoms with van der Waals surface area (Å²) in [6, 6.07) is 0. The van der Waals surface area contributed by atoms with Crippen molar-refractivity contribution in [1.82, 2.24) is 9.88 Å². The van der Waals surface area contributed by atoms with E-state index in [1.54, 1.807) is 10.3 Å². The second-order valence-electron chi connectivity index (χ2n) is 3.03. The molecule has 0 aliphatic carbocycles. The van der Waals surface area contributed by atoms with Gasteiger partial charge in [-0.15, -0.1) is 11.3 Å². The molecule has 1 rings (SSSR count). The van der Waals surface area contributed by atoms with Crippen LogP contribution in [0.2, 0.25) is 0 Å². The summed E-state index contributed by atoms with van der Waals surface area (Å²) in [4.78, 5) is 17.4. The van der Waals surface area contributed by atoms with Crippen LogP contribution in [0.3, 0.4) is 0 Å². The van der Waals surface area contributed by atoms with Gasteiger partial charge in [-0.25, -0.2) is 4.98 Å². The van der Waals surface area contributed by atoms with E-state index in [0.29, 0.717) is 30.3 Å². The van der Waals surface area contributed by atoms with E-state index in [9.17, 15) is 4.79 Å². The number of rotatable bonds is 5. The molecule has 0 atom stereocenters. The first-order chi connectivity index (χ1) is 7.19. The lowest BCUT2D eigenvalue weighted by Gasteiger charge is -2.18. The number of hydrogen-bond donors (Lipinski definition) is 2. The van der Waals surface area contributed by atoms with Gasteiger partial charge in [0.1, 0.15) is 5.69 Å². The summed E-state index contributed by atoms with van der Waals surface area (Å²) in [5.41, 5.74) is 5.84. The van der Waals surface area contributed by atoms with Crippen molar-refractivity contribution in [1.29, 1.82) is 0 Å². The van der Waals surface area contributed by atoms with E-state index in [2.05, 4.69) is 4.98 Å². The number of thiazole rings is 1. The van der Waals surface area contributed by atoms with Gasteiger partial charge in [0.15, 0.2) is 5.13 Å². The molecule has 1 aromatic rings. The molecule has 0 bridgehead atoms. The Labute approximate surface area is 92.5 Å². The topological polar surface area (TPSA) is 79.5 Å². The molecular formula is C9H15N3O2S. The molecule has 15 heavy (non-hydrogen) atoms. The molecule has 1 heterocycles. The number of aliphatic hydroxyl groups is 1. The summed E-state index contributed by atoms with van der Waals surface area (Å²) in [5.74, 6) is -0.126. The highest BCUT2D eigenvalue weighted by Crippen LogP contribution is 2.13. The van der Waals surface area contributed by atoms with E-state index in [4.69, 9.17) is 10.8 Å². The van der Waals surface area contributed by atoms with Crippen LogP contribution in [0.15, 0.2) is 5.38 Å². The second-order valence-corrected chi connectivity index (χ2v) is 3.92. The highest BCUT2D eigenvalue weighted by Gasteiger charge is 2.16. The van der Waals surface area contributed by atoms with E-state index >= 15 is 0 Å². The number of nitrogen functional groups attached to an aromatic ring is 1. The zero-order chi connectivity index (χ0) is 11.3. The molecule has 0 saturated heterocycles. The van der Waals surface area contributed by atoms with Crippen LogP contribution in [-0.4, -0.2) is 40.6 Å². The normalized spacial score (nSPS) is 10.3. The van der Waals surface area contributed by atoms with Crippen LogP contribution in [0.4, 0.5) is 5.13 Å². The lowest BCUT2D eigenvalue weighted by Crippen LogP contribution is -2.32. The summed E-state index contributed by atoms with van der Waals surface area (Å²) in [7, 11) is 0. The summed E-state index contributed by atoms with van der Waals surface area (Å²) in [6.07, 6.45) is 0.583. The Morgan fingerprint density at radius 2 is 2.47 bits per heavy atom.